The Balaban J connectivity index is 3.19. The summed E-state index contributed by atoms with van der Waals surface area (Å²) in [4.78, 5) is 36.5. The number of amides is 1. The molecule has 0 saturated heterocycles. The highest BCUT2D eigenvalue weighted by Gasteiger charge is 2.34. The molecule has 1 unspecified atom stereocenters. The fourth-order valence-electron chi connectivity index (χ4n) is 1.99. The highest BCUT2D eigenvalue weighted by atomic mass is 16.6. The Hall–Kier alpha value is -2.37. The number of rotatable bonds is 5. The van der Waals surface area contributed by atoms with Gasteiger partial charge in [-0.15, -0.1) is 0 Å². The molecule has 1 N–H and O–H groups in total. The number of hydrogen-bond acceptors (Lipinski definition) is 4. The smallest absolute Gasteiger partial charge is 0.330 e. The number of para-hydroxylation sites is 1. The maximum Gasteiger partial charge on any atom is 0.330 e. The van der Waals surface area contributed by atoms with Gasteiger partial charge in [0.1, 0.15) is 11.6 Å². The van der Waals surface area contributed by atoms with Gasteiger partial charge < -0.3 is 9.84 Å². The molecule has 0 spiro atoms. The van der Waals surface area contributed by atoms with E-state index in [2.05, 4.69) is 0 Å². The molecule has 0 radical (unpaired) electrons. The molecule has 1 amide bonds. The molecule has 1 rings (SSSR count). The number of carboxylic acid groups (broad SMARTS) is 1. The minimum Gasteiger partial charge on any atom is -0.481 e. The van der Waals surface area contributed by atoms with Crippen LogP contribution in [0.3, 0.4) is 0 Å². The summed E-state index contributed by atoms with van der Waals surface area (Å²) in [6.45, 7) is 6.34. The van der Waals surface area contributed by atoms with Crippen molar-refractivity contribution in [3.05, 3.63) is 30.3 Å². The van der Waals surface area contributed by atoms with Crippen LogP contribution in [0, 0.1) is 0 Å². The van der Waals surface area contributed by atoms with Crippen molar-refractivity contribution in [2.75, 3.05) is 4.90 Å². The summed E-state index contributed by atoms with van der Waals surface area (Å²) in [5.74, 6) is -2.35. The molecule has 120 valence electrons. The van der Waals surface area contributed by atoms with Gasteiger partial charge in [-0.05, 0) is 32.9 Å². The average Bonchev–Trinajstić information content (AvgIpc) is 2.36. The number of carbonyl (C=O) groups excluding carboxylic acids is 2. The van der Waals surface area contributed by atoms with Gasteiger partial charge in [0.15, 0.2) is 0 Å². The lowest BCUT2D eigenvalue weighted by Crippen LogP contribution is -2.48. The second-order valence-corrected chi connectivity index (χ2v) is 5.87. The van der Waals surface area contributed by atoms with E-state index in [4.69, 9.17) is 9.84 Å². The summed E-state index contributed by atoms with van der Waals surface area (Å²) in [6, 6.07) is 7.25. The molecular formula is C16H21NO5. The second kappa shape index (κ2) is 7.06. The molecule has 0 aliphatic carbocycles. The van der Waals surface area contributed by atoms with E-state index in [0.29, 0.717) is 5.69 Å². The third-order valence-corrected chi connectivity index (χ3v) is 2.73. The highest BCUT2D eigenvalue weighted by Crippen LogP contribution is 2.21. The molecule has 0 saturated carbocycles. The molecule has 0 aliphatic rings. The molecule has 0 aromatic heterocycles. The molecule has 0 heterocycles. The molecule has 0 bridgehead atoms. The Labute approximate surface area is 129 Å². The monoisotopic (exact) mass is 307 g/mol. The lowest BCUT2D eigenvalue weighted by Gasteiger charge is -2.31. The van der Waals surface area contributed by atoms with Crippen LogP contribution in [-0.2, 0) is 19.1 Å². The van der Waals surface area contributed by atoms with Crippen molar-refractivity contribution < 1.29 is 24.2 Å². The van der Waals surface area contributed by atoms with Crippen molar-refractivity contribution in [2.24, 2.45) is 0 Å². The lowest BCUT2D eigenvalue weighted by molar-refractivity contribution is -0.159. The lowest BCUT2D eigenvalue weighted by atomic mass is 10.1. The quantitative estimate of drug-likeness (QED) is 0.843. The summed E-state index contributed by atoms with van der Waals surface area (Å²) in [7, 11) is 0. The molecule has 6 heteroatoms. The summed E-state index contributed by atoms with van der Waals surface area (Å²) in [5.41, 5.74) is -0.320. The molecule has 1 aromatic rings. The first-order chi connectivity index (χ1) is 10.1. The zero-order chi connectivity index (χ0) is 16.9. The Morgan fingerprint density at radius 2 is 1.73 bits per heavy atom. The molecule has 1 aromatic carbocycles. The van der Waals surface area contributed by atoms with Gasteiger partial charge in [-0.1, -0.05) is 18.2 Å². The minimum atomic E-state index is -1.21. The number of carboxylic acids is 1. The van der Waals surface area contributed by atoms with Gasteiger partial charge in [-0.25, -0.2) is 4.79 Å². The van der Waals surface area contributed by atoms with Gasteiger partial charge in [0.2, 0.25) is 5.91 Å². The highest BCUT2D eigenvalue weighted by molar-refractivity contribution is 5.99. The summed E-state index contributed by atoms with van der Waals surface area (Å²) in [5, 5.41) is 9.06. The first-order valence-corrected chi connectivity index (χ1v) is 6.91. The summed E-state index contributed by atoms with van der Waals surface area (Å²) < 4.78 is 5.26. The predicted molar refractivity (Wildman–Crippen MR) is 81.5 cm³/mol. The van der Waals surface area contributed by atoms with Crippen molar-refractivity contribution in [3.8, 4) is 0 Å². The molecular weight excluding hydrogens is 286 g/mol. The normalized spacial score (nSPS) is 12.4. The van der Waals surface area contributed by atoms with Gasteiger partial charge in [0.05, 0.1) is 6.42 Å². The van der Waals surface area contributed by atoms with Crippen molar-refractivity contribution in [3.63, 3.8) is 0 Å². The van der Waals surface area contributed by atoms with Crippen LogP contribution < -0.4 is 4.90 Å². The van der Waals surface area contributed by atoms with Gasteiger partial charge in [-0.2, -0.15) is 0 Å². The van der Waals surface area contributed by atoms with Crippen LogP contribution in [0.25, 0.3) is 0 Å². The maximum atomic E-state index is 12.3. The molecule has 0 fully saturated rings. The molecule has 22 heavy (non-hydrogen) atoms. The van der Waals surface area contributed by atoms with E-state index >= 15 is 0 Å². The van der Waals surface area contributed by atoms with Crippen LogP contribution in [0.1, 0.15) is 34.1 Å². The van der Waals surface area contributed by atoms with E-state index in [1.54, 1.807) is 51.1 Å². The molecule has 0 aliphatic heterocycles. The van der Waals surface area contributed by atoms with E-state index < -0.39 is 35.9 Å². The van der Waals surface area contributed by atoms with Crippen molar-refractivity contribution >= 4 is 23.5 Å². The Kier molecular flexibility index (Phi) is 5.68. The summed E-state index contributed by atoms with van der Waals surface area (Å²) >= 11 is 0. The van der Waals surface area contributed by atoms with Crippen LogP contribution in [0.2, 0.25) is 0 Å². The standard InChI is InChI=1S/C16H21NO5/c1-11(18)17(12-8-6-5-7-9-12)13(10-14(19)20)15(21)22-16(2,3)4/h5-9,13H,10H2,1-4H3,(H,19,20). The molecule has 6 nitrogen and oxygen atoms in total. The third kappa shape index (κ3) is 5.20. The number of anilines is 1. The largest absolute Gasteiger partial charge is 0.481 e. The first-order valence-electron chi connectivity index (χ1n) is 6.91. The number of hydrogen-bond donors (Lipinski definition) is 1. The topological polar surface area (TPSA) is 83.9 Å². The van der Waals surface area contributed by atoms with E-state index in [9.17, 15) is 14.4 Å². The third-order valence-electron chi connectivity index (χ3n) is 2.73. The van der Waals surface area contributed by atoms with E-state index in [0.717, 1.165) is 4.90 Å². The van der Waals surface area contributed by atoms with Crippen molar-refractivity contribution in [2.45, 2.75) is 45.8 Å². The van der Waals surface area contributed by atoms with Crippen LogP contribution in [0.5, 0.6) is 0 Å². The van der Waals surface area contributed by atoms with Crippen LogP contribution >= 0.6 is 0 Å². The van der Waals surface area contributed by atoms with Crippen molar-refractivity contribution in [1.82, 2.24) is 0 Å². The van der Waals surface area contributed by atoms with Crippen molar-refractivity contribution in [1.29, 1.82) is 0 Å². The number of nitrogens with zero attached hydrogens (tertiary/aromatic N) is 1. The van der Waals surface area contributed by atoms with Crippen LogP contribution in [0.4, 0.5) is 5.69 Å². The fourth-order valence-corrected chi connectivity index (χ4v) is 1.99. The SMILES string of the molecule is CC(=O)N(c1ccccc1)C(CC(=O)O)C(=O)OC(C)(C)C. The zero-order valence-corrected chi connectivity index (χ0v) is 13.2. The van der Waals surface area contributed by atoms with Crippen LogP contribution in [0.15, 0.2) is 30.3 Å². The van der Waals surface area contributed by atoms with E-state index in [-0.39, 0.29) is 0 Å². The van der Waals surface area contributed by atoms with Crippen LogP contribution in [-0.4, -0.2) is 34.6 Å². The summed E-state index contributed by atoms with van der Waals surface area (Å²) in [6.07, 6.45) is -0.524. The molecule has 1 atom stereocenters. The second-order valence-electron chi connectivity index (χ2n) is 5.87. The minimum absolute atomic E-state index is 0.427. The first kappa shape index (κ1) is 17.7. The van der Waals surface area contributed by atoms with Gasteiger partial charge in [0, 0.05) is 12.6 Å². The van der Waals surface area contributed by atoms with E-state index in [1.165, 1.54) is 6.92 Å². The number of esters is 1. The fraction of sp³-hybridized carbons (Fsp3) is 0.438. The number of aliphatic carboxylic acids is 1. The average molecular weight is 307 g/mol. The van der Waals surface area contributed by atoms with Gasteiger partial charge in [-0.3, -0.25) is 14.5 Å². The number of carbonyl (C=O) groups is 3. The van der Waals surface area contributed by atoms with Gasteiger partial charge in [0.25, 0.3) is 0 Å². The van der Waals surface area contributed by atoms with Gasteiger partial charge >= 0.3 is 11.9 Å². The Morgan fingerprint density at radius 3 is 2.14 bits per heavy atom. The zero-order valence-electron chi connectivity index (χ0n) is 13.2. The number of ether oxygens (including phenoxy) is 1. The Morgan fingerprint density at radius 1 is 1.18 bits per heavy atom. The number of benzene rings is 1. The Bertz CT molecular complexity index is 547. The maximum absolute atomic E-state index is 12.3. The predicted octanol–water partition coefficient (Wildman–Crippen LogP) is 2.22. The van der Waals surface area contributed by atoms with E-state index in [1.807, 2.05) is 0 Å².